The normalized spacial score (nSPS) is 15.1. The van der Waals surface area contributed by atoms with Gasteiger partial charge in [0.2, 0.25) is 5.89 Å². The van der Waals surface area contributed by atoms with Gasteiger partial charge in [0.1, 0.15) is 17.1 Å². The third-order valence-corrected chi connectivity index (χ3v) is 6.82. The first kappa shape index (κ1) is 22.2. The Hall–Kier alpha value is -3.05. The number of hydrogen-bond acceptors (Lipinski definition) is 8. The van der Waals surface area contributed by atoms with Crippen molar-refractivity contribution in [1.29, 1.82) is 0 Å². The van der Waals surface area contributed by atoms with Crippen LogP contribution in [0.5, 0.6) is 0 Å². The topological polar surface area (TPSA) is 142 Å². The molecule has 0 aliphatic heterocycles. The van der Waals surface area contributed by atoms with Crippen molar-refractivity contribution in [3.05, 3.63) is 35.7 Å². The maximum absolute atomic E-state index is 11.9. The van der Waals surface area contributed by atoms with E-state index in [2.05, 4.69) is 20.4 Å². The summed E-state index contributed by atoms with van der Waals surface area (Å²) in [5, 5.41) is 20.5. The van der Waals surface area contributed by atoms with Gasteiger partial charge in [-0.1, -0.05) is 31.4 Å². The summed E-state index contributed by atoms with van der Waals surface area (Å²) in [5.74, 6) is 0.599. The Morgan fingerprint density at radius 2 is 1.84 bits per heavy atom. The minimum absolute atomic E-state index is 0.168. The van der Waals surface area contributed by atoms with Gasteiger partial charge in [-0.3, -0.25) is 10.0 Å². The van der Waals surface area contributed by atoms with Crippen LogP contribution in [0.2, 0.25) is 0 Å². The molecule has 0 unspecified atom stereocenters. The lowest BCUT2D eigenvalue weighted by Gasteiger charge is -2.20. The summed E-state index contributed by atoms with van der Waals surface area (Å²) in [7, 11) is -2.07. The molecular formula is C21H25N5O5S. The number of likely N-dealkylation sites (N-methyl/N-ethyl adjacent to an activating group) is 1. The summed E-state index contributed by atoms with van der Waals surface area (Å²) < 4.78 is 29.8. The summed E-state index contributed by atoms with van der Waals surface area (Å²) in [4.78, 5) is 16.8. The molecule has 2 heterocycles. The van der Waals surface area contributed by atoms with Gasteiger partial charge in [-0.15, -0.1) is 0 Å². The second-order valence-electron chi connectivity index (χ2n) is 8.08. The minimum atomic E-state index is -3.31. The van der Waals surface area contributed by atoms with E-state index >= 15 is 0 Å². The maximum atomic E-state index is 11.9. The van der Waals surface area contributed by atoms with Crippen LogP contribution in [-0.4, -0.2) is 58.3 Å². The predicted molar refractivity (Wildman–Crippen MR) is 115 cm³/mol. The number of carbonyl (C=O) groups is 1. The zero-order valence-electron chi connectivity index (χ0n) is 17.9. The van der Waals surface area contributed by atoms with Crippen LogP contribution in [0.25, 0.3) is 22.8 Å². The Kier molecular flexibility index (Phi) is 6.11. The molecule has 0 bridgehead atoms. The van der Waals surface area contributed by atoms with E-state index in [-0.39, 0.29) is 23.1 Å². The summed E-state index contributed by atoms with van der Waals surface area (Å²) in [6.07, 6.45) is 6.32. The van der Waals surface area contributed by atoms with E-state index in [9.17, 15) is 18.4 Å². The van der Waals surface area contributed by atoms with Crippen LogP contribution in [0.4, 0.5) is 0 Å². The molecule has 0 saturated heterocycles. The van der Waals surface area contributed by atoms with Crippen LogP contribution in [0.1, 0.15) is 49.5 Å². The first-order valence-electron chi connectivity index (χ1n) is 10.4. The highest BCUT2D eigenvalue weighted by Gasteiger charge is 2.28. The Morgan fingerprint density at radius 3 is 2.47 bits per heavy atom. The number of amides is 1. The number of hydrogen-bond donors (Lipinski definition) is 2. The first-order valence-corrected chi connectivity index (χ1v) is 12.3. The van der Waals surface area contributed by atoms with E-state index in [4.69, 9.17) is 4.42 Å². The lowest BCUT2D eigenvalue weighted by atomic mass is 9.86. The molecule has 1 aromatic carbocycles. The summed E-state index contributed by atoms with van der Waals surface area (Å²) in [6.45, 7) is 0. The Labute approximate surface area is 185 Å². The number of nitrogens with zero attached hydrogens (tertiary/aromatic N) is 4. The molecule has 1 aliphatic rings. The number of aromatic amines is 1. The van der Waals surface area contributed by atoms with E-state index in [1.54, 1.807) is 24.3 Å². The third-order valence-electron chi connectivity index (χ3n) is 5.69. The SMILES string of the molecule is CN(O)C(=O)Cc1n[nH]nc1-c1nc(-c2ccc(S(C)(=O)=O)cc2)c(C2CCCCC2)o1. The van der Waals surface area contributed by atoms with Gasteiger partial charge in [0.15, 0.2) is 15.5 Å². The molecule has 0 spiro atoms. The van der Waals surface area contributed by atoms with Crippen molar-refractivity contribution in [1.82, 2.24) is 25.5 Å². The molecule has 10 nitrogen and oxygen atoms in total. The van der Waals surface area contributed by atoms with Crippen molar-refractivity contribution in [3.63, 3.8) is 0 Å². The van der Waals surface area contributed by atoms with Crippen molar-refractivity contribution in [2.45, 2.75) is 49.3 Å². The largest absolute Gasteiger partial charge is 0.439 e. The van der Waals surface area contributed by atoms with Gasteiger partial charge in [0, 0.05) is 24.8 Å². The molecule has 0 atom stereocenters. The van der Waals surface area contributed by atoms with Gasteiger partial charge in [0.25, 0.3) is 5.91 Å². The Bertz CT molecular complexity index is 1210. The second kappa shape index (κ2) is 8.83. The van der Waals surface area contributed by atoms with Crippen LogP contribution in [-0.2, 0) is 21.1 Å². The standard InChI is InChI=1S/C21H25N5O5S/c1-26(28)17(27)12-16-19(24-25-23-16)21-22-18(20(31-21)14-6-4-3-5-7-14)13-8-10-15(11-9-13)32(2,29)30/h8-11,14,28H,3-7,12H2,1-2H3,(H,23,24,25). The number of hydroxylamine groups is 2. The molecule has 1 amide bonds. The highest BCUT2D eigenvalue weighted by molar-refractivity contribution is 7.90. The maximum Gasteiger partial charge on any atom is 0.251 e. The number of benzene rings is 1. The van der Waals surface area contributed by atoms with Crippen LogP contribution >= 0.6 is 0 Å². The molecule has 1 fully saturated rings. The minimum Gasteiger partial charge on any atom is -0.439 e. The van der Waals surface area contributed by atoms with Gasteiger partial charge in [0.05, 0.1) is 11.3 Å². The van der Waals surface area contributed by atoms with Crippen LogP contribution in [0.3, 0.4) is 0 Å². The number of oxazole rings is 1. The lowest BCUT2D eigenvalue weighted by Crippen LogP contribution is -2.24. The van der Waals surface area contributed by atoms with E-state index in [0.717, 1.165) is 37.0 Å². The quantitative estimate of drug-likeness (QED) is 0.423. The van der Waals surface area contributed by atoms with Crippen molar-refractivity contribution in [2.75, 3.05) is 13.3 Å². The smallest absolute Gasteiger partial charge is 0.251 e. The zero-order chi connectivity index (χ0) is 22.9. The highest BCUT2D eigenvalue weighted by Crippen LogP contribution is 2.40. The zero-order valence-corrected chi connectivity index (χ0v) is 18.7. The molecule has 2 N–H and O–H groups in total. The molecule has 170 valence electrons. The molecular weight excluding hydrogens is 434 g/mol. The molecule has 3 aromatic rings. The van der Waals surface area contributed by atoms with Crippen LogP contribution in [0, 0.1) is 0 Å². The van der Waals surface area contributed by atoms with E-state index in [1.807, 2.05) is 0 Å². The fourth-order valence-electron chi connectivity index (χ4n) is 3.95. The predicted octanol–water partition coefficient (Wildman–Crippen LogP) is 2.97. The first-order chi connectivity index (χ1) is 15.2. The number of sulfone groups is 1. The summed E-state index contributed by atoms with van der Waals surface area (Å²) in [5.41, 5.74) is 1.98. The fourth-order valence-corrected chi connectivity index (χ4v) is 4.58. The van der Waals surface area contributed by atoms with Crippen molar-refractivity contribution in [2.24, 2.45) is 0 Å². The van der Waals surface area contributed by atoms with Gasteiger partial charge >= 0.3 is 0 Å². The molecule has 2 aromatic heterocycles. The number of H-pyrrole nitrogens is 1. The number of nitrogens with one attached hydrogen (secondary N) is 1. The summed E-state index contributed by atoms with van der Waals surface area (Å²) >= 11 is 0. The van der Waals surface area contributed by atoms with Crippen molar-refractivity contribution < 1.29 is 22.8 Å². The fraction of sp³-hybridized carbons (Fsp3) is 0.429. The number of rotatable bonds is 6. The van der Waals surface area contributed by atoms with Gasteiger partial charge in [-0.25, -0.2) is 18.5 Å². The summed E-state index contributed by atoms with van der Waals surface area (Å²) in [6, 6.07) is 6.55. The van der Waals surface area contributed by atoms with Gasteiger partial charge < -0.3 is 4.42 Å². The molecule has 1 saturated carbocycles. The molecule has 0 radical (unpaired) electrons. The van der Waals surface area contributed by atoms with E-state index in [1.165, 1.54) is 19.7 Å². The van der Waals surface area contributed by atoms with Crippen LogP contribution in [0.15, 0.2) is 33.6 Å². The van der Waals surface area contributed by atoms with Gasteiger partial charge in [-0.2, -0.15) is 15.4 Å². The second-order valence-corrected chi connectivity index (χ2v) is 10.1. The molecule has 32 heavy (non-hydrogen) atoms. The monoisotopic (exact) mass is 459 g/mol. The van der Waals surface area contributed by atoms with Gasteiger partial charge in [-0.05, 0) is 25.0 Å². The number of aromatic nitrogens is 4. The third kappa shape index (κ3) is 4.58. The Balaban J connectivity index is 1.76. The van der Waals surface area contributed by atoms with Crippen LogP contribution < -0.4 is 0 Å². The van der Waals surface area contributed by atoms with E-state index < -0.39 is 15.7 Å². The number of carbonyl (C=O) groups excluding carboxylic acids is 1. The van der Waals surface area contributed by atoms with E-state index in [0.29, 0.717) is 22.1 Å². The molecule has 4 rings (SSSR count). The highest BCUT2D eigenvalue weighted by atomic mass is 32.2. The molecule has 11 heteroatoms. The lowest BCUT2D eigenvalue weighted by molar-refractivity contribution is -0.158. The Morgan fingerprint density at radius 1 is 1.16 bits per heavy atom. The van der Waals surface area contributed by atoms with Crippen molar-refractivity contribution >= 4 is 15.7 Å². The van der Waals surface area contributed by atoms with Crippen molar-refractivity contribution in [3.8, 4) is 22.8 Å². The average Bonchev–Trinajstić information content (AvgIpc) is 3.40. The molecule has 1 aliphatic carbocycles. The average molecular weight is 460 g/mol.